The third kappa shape index (κ3) is 5.24. The number of carboxylic acids is 1. The Kier molecular flexibility index (Phi) is 6.47. The molecule has 1 aromatic heterocycles. The highest BCUT2D eigenvalue weighted by Crippen LogP contribution is 2.24. The molecule has 1 heterocycles. The maximum absolute atomic E-state index is 11.4. The number of carbonyl (C=O) groups is 3. The third-order valence-electron chi connectivity index (χ3n) is 2.03. The van der Waals surface area contributed by atoms with Crippen molar-refractivity contribution >= 4 is 29.2 Å². The molecule has 8 nitrogen and oxygen atoms in total. The Labute approximate surface area is 118 Å². The second kappa shape index (κ2) is 8.12. The van der Waals surface area contributed by atoms with E-state index in [-0.39, 0.29) is 17.2 Å². The summed E-state index contributed by atoms with van der Waals surface area (Å²) >= 11 is 0.987. The Hall–Kier alpha value is -2.13. The minimum Gasteiger partial charge on any atom is -0.482 e. The number of hydrogen-bond acceptors (Lipinski definition) is 6. The van der Waals surface area contributed by atoms with Crippen molar-refractivity contribution in [2.75, 3.05) is 26.9 Å². The molecule has 0 atom stereocenters. The van der Waals surface area contributed by atoms with Gasteiger partial charge in [-0.2, -0.15) is 0 Å². The Morgan fingerprint density at radius 3 is 2.80 bits per heavy atom. The van der Waals surface area contributed by atoms with E-state index in [9.17, 15) is 14.4 Å². The minimum absolute atomic E-state index is 0.00217. The van der Waals surface area contributed by atoms with Crippen LogP contribution < -0.4 is 15.4 Å². The van der Waals surface area contributed by atoms with Gasteiger partial charge in [0.2, 0.25) is 0 Å². The first-order chi connectivity index (χ1) is 9.54. The van der Waals surface area contributed by atoms with Gasteiger partial charge in [-0.05, 0) is 11.4 Å². The van der Waals surface area contributed by atoms with Crippen LogP contribution >= 0.6 is 11.3 Å². The number of methoxy groups -OCH3 is 1. The lowest BCUT2D eigenvalue weighted by Gasteiger charge is -2.07. The van der Waals surface area contributed by atoms with Crippen LogP contribution in [0.4, 0.5) is 4.79 Å². The summed E-state index contributed by atoms with van der Waals surface area (Å²) in [6, 6.07) is 0.777. The average molecular weight is 302 g/mol. The normalized spacial score (nSPS) is 9.85. The third-order valence-corrected chi connectivity index (χ3v) is 2.91. The van der Waals surface area contributed by atoms with Crippen molar-refractivity contribution in [3.05, 3.63) is 16.3 Å². The molecule has 0 aliphatic heterocycles. The first-order valence-electron chi connectivity index (χ1n) is 5.54. The van der Waals surface area contributed by atoms with E-state index in [2.05, 4.69) is 5.32 Å². The molecule has 0 aromatic carbocycles. The molecule has 0 saturated carbocycles. The second-order valence-corrected chi connectivity index (χ2v) is 4.42. The zero-order valence-corrected chi connectivity index (χ0v) is 11.5. The number of carbonyl (C=O) groups excluding carboxylic acids is 2. The van der Waals surface area contributed by atoms with Crippen molar-refractivity contribution in [3.8, 4) is 5.75 Å². The van der Waals surface area contributed by atoms with Crippen molar-refractivity contribution < 1.29 is 29.0 Å². The van der Waals surface area contributed by atoms with E-state index in [1.807, 2.05) is 5.32 Å². The summed E-state index contributed by atoms with van der Waals surface area (Å²) in [5, 5.41) is 14.8. The van der Waals surface area contributed by atoms with Crippen LogP contribution in [-0.2, 0) is 9.53 Å². The lowest BCUT2D eigenvalue weighted by atomic mass is 10.4. The van der Waals surface area contributed by atoms with E-state index >= 15 is 0 Å². The molecule has 9 heteroatoms. The van der Waals surface area contributed by atoms with E-state index in [4.69, 9.17) is 14.6 Å². The highest BCUT2D eigenvalue weighted by atomic mass is 32.1. The standard InChI is InChI=1S/C11H14N2O6S/c1-18-4-3-12-11(17)13-8(14)6-19-7-2-5-20-9(7)10(15)16/h2,5H,3-4,6H2,1H3,(H,15,16)(H2,12,13,14,17). The minimum atomic E-state index is -1.13. The summed E-state index contributed by atoms with van der Waals surface area (Å²) in [5.41, 5.74) is 0. The molecule has 0 bridgehead atoms. The fraction of sp³-hybridized carbons (Fsp3) is 0.364. The van der Waals surface area contributed by atoms with Gasteiger partial charge in [-0.3, -0.25) is 10.1 Å². The van der Waals surface area contributed by atoms with Gasteiger partial charge in [-0.25, -0.2) is 9.59 Å². The highest BCUT2D eigenvalue weighted by molar-refractivity contribution is 7.12. The van der Waals surface area contributed by atoms with E-state index in [0.717, 1.165) is 11.3 Å². The molecule has 1 aromatic rings. The molecule has 20 heavy (non-hydrogen) atoms. The zero-order chi connectivity index (χ0) is 15.0. The lowest BCUT2D eigenvalue weighted by Crippen LogP contribution is -2.42. The molecule has 0 saturated heterocycles. The van der Waals surface area contributed by atoms with Crippen molar-refractivity contribution in [1.82, 2.24) is 10.6 Å². The topological polar surface area (TPSA) is 114 Å². The number of rotatable bonds is 7. The number of thiophene rings is 1. The van der Waals surface area contributed by atoms with Crippen molar-refractivity contribution in [2.24, 2.45) is 0 Å². The van der Waals surface area contributed by atoms with Crippen LogP contribution in [0.2, 0.25) is 0 Å². The number of carboxylic acid groups (broad SMARTS) is 1. The van der Waals surface area contributed by atoms with Crippen molar-refractivity contribution in [3.63, 3.8) is 0 Å². The Morgan fingerprint density at radius 1 is 1.40 bits per heavy atom. The van der Waals surface area contributed by atoms with Crippen LogP contribution in [0.5, 0.6) is 5.75 Å². The van der Waals surface area contributed by atoms with Gasteiger partial charge in [0.05, 0.1) is 6.61 Å². The van der Waals surface area contributed by atoms with Crippen LogP contribution in [0, 0.1) is 0 Å². The molecule has 1 rings (SSSR count). The van der Waals surface area contributed by atoms with Crippen molar-refractivity contribution in [1.29, 1.82) is 0 Å². The monoisotopic (exact) mass is 302 g/mol. The lowest BCUT2D eigenvalue weighted by molar-refractivity contribution is -0.122. The van der Waals surface area contributed by atoms with Gasteiger partial charge in [0.25, 0.3) is 5.91 Å². The van der Waals surface area contributed by atoms with Gasteiger partial charge in [0.1, 0.15) is 5.75 Å². The molecule has 0 aliphatic carbocycles. The van der Waals surface area contributed by atoms with E-state index < -0.39 is 24.5 Å². The zero-order valence-electron chi connectivity index (χ0n) is 10.7. The molecule has 0 fully saturated rings. The molecule has 0 spiro atoms. The van der Waals surface area contributed by atoms with Crippen molar-refractivity contribution in [2.45, 2.75) is 0 Å². The number of imide groups is 1. The number of urea groups is 1. The molecule has 3 amide bonds. The maximum Gasteiger partial charge on any atom is 0.349 e. The highest BCUT2D eigenvalue weighted by Gasteiger charge is 2.15. The summed E-state index contributed by atoms with van der Waals surface area (Å²) < 4.78 is 9.76. The van der Waals surface area contributed by atoms with Crippen LogP contribution in [0.3, 0.4) is 0 Å². The van der Waals surface area contributed by atoms with Crippen LogP contribution in [0.1, 0.15) is 9.67 Å². The molecule has 110 valence electrons. The first-order valence-corrected chi connectivity index (χ1v) is 6.42. The van der Waals surface area contributed by atoms with E-state index in [0.29, 0.717) is 6.61 Å². The van der Waals surface area contributed by atoms with E-state index in [1.165, 1.54) is 18.6 Å². The fourth-order valence-corrected chi connectivity index (χ4v) is 1.86. The molecular weight excluding hydrogens is 288 g/mol. The summed E-state index contributed by atoms with van der Waals surface area (Å²) in [7, 11) is 1.49. The summed E-state index contributed by atoms with van der Waals surface area (Å²) in [4.78, 5) is 33.4. The summed E-state index contributed by atoms with van der Waals surface area (Å²) in [6.07, 6.45) is 0. The quantitative estimate of drug-likeness (QED) is 0.624. The molecule has 0 unspecified atom stereocenters. The Balaban J connectivity index is 2.34. The van der Waals surface area contributed by atoms with Crippen LogP contribution in [-0.4, -0.2) is 49.9 Å². The van der Waals surface area contributed by atoms with Gasteiger partial charge in [0.15, 0.2) is 11.5 Å². The van der Waals surface area contributed by atoms with Crippen LogP contribution in [0.15, 0.2) is 11.4 Å². The van der Waals surface area contributed by atoms with E-state index in [1.54, 1.807) is 0 Å². The fourth-order valence-electron chi connectivity index (χ4n) is 1.18. The predicted molar refractivity (Wildman–Crippen MR) is 70.2 cm³/mol. The SMILES string of the molecule is COCCNC(=O)NC(=O)COc1ccsc1C(=O)O. The number of hydrogen-bond donors (Lipinski definition) is 3. The van der Waals surface area contributed by atoms with Gasteiger partial charge in [-0.1, -0.05) is 0 Å². The second-order valence-electron chi connectivity index (χ2n) is 3.50. The number of aromatic carboxylic acids is 1. The molecule has 0 aliphatic rings. The number of ether oxygens (including phenoxy) is 2. The number of nitrogens with one attached hydrogen (secondary N) is 2. The first kappa shape index (κ1) is 15.9. The summed E-state index contributed by atoms with van der Waals surface area (Å²) in [6.45, 7) is 0.147. The molecule has 3 N–H and O–H groups in total. The Morgan fingerprint density at radius 2 is 2.15 bits per heavy atom. The smallest absolute Gasteiger partial charge is 0.349 e. The van der Waals surface area contributed by atoms with Gasteiger partial charge in [-0.15, -0.1) is 11.3 Å². The summed E-state index contributed by atoms with van der Waals surface area (Å²) in [5.74, 6) is -1.72. The van der Waals surface area contributed by atoms with Gasteiger partial charge in [0, 0.05) is 13.7 Å². The Bertz CT molecular complexity index is 487. The predicted octanol–water partition coefficient (Wildman–Crippen LogP) is 0.297. The van der Waals surface area contributed by atoms with Crippen LogP contribution in [0.25, 0.3) is 0 Å². The maximum atomic E-state index is 11.4. The van der Waals surface area contributed by atoms with Gasteiger partial charge < -0.3 is 19.9 Å². The molecule has 0 radical (unpaired) electrons. The van der Waals surface area contributed by atoms with Gasteiger partial charge >= 0.3 is 12.0 Å². The number of amides is 3. The molecular formula is C11H14N2O6S. The average Bonchev–Trinajstić information content (AvgIpc) is 2.85. The largest absolute Gasteiger partial charge is 0.482 e.